The molecule has 7 aromatic rings. The minimum Gasteiger partial charge on any atom is -0.313 e. The maximum atomic E-state index is 2.49. The smallest absolute Gasteiger partial charge is 0.0537 e. The fraction of sp³-hybridized carbons (Fsp3) is 0.130. The highest BCUT2D eigenvalue weighted by Crippen LogP contribution is 2.38. The third-order valence-electron chi connectivity index (χ3n) is 9.84. The molecule has 0 unspecified atom stereocenters. The van der Waals surface area contributed by atoms with Gasteiger partial charge >= 0.3 is 0 Å². The Morgan fingerprint density at radius 2 is 1.26 bits per heavy atom. The van der Waals surface area contributed by atoms with Gasteiger partial charge in [0.1, 0.15) is 0 Å². The van der Waals surface area contributed by atoms with E-state index in [1.165, 1.54) is 89.1 Å². The maximum Gasteiger partial charge on any atom is 0.0537 e. The Hall–Kier alpha value is -5.40. The molecule has 228 valence electrons. The average Bonchev–Trinajstić information content (AvgIpc) is 3.43. The molecule has 1 nitrogen and oxygen atoms in total. The highest BCUT2D eigenvalue weighted by molar-refractivity contribution is 5.94. The lowest BCUT2D eigenvalue weighted by Gasteiger charge is -2.17. The van der Waals surface area contributed by atoms with Crippen LogP contribution in [0.5, 0.6) is 0 Å². The van der Waals surface area contributed by atoms with E-state index in [1.54, 1.807) is 0 Å². The minimum atomic E-state index is 0.884. The van der Waals surface area contributed by atoms with Crippen LogP contribution in [0.1, 0.15) is 46.9 Å². The first-order chi connectivity index (χ1) is 23.0. The van der Waals surface area contributed by atoms with Crippen LogP contribution in [-0.2, 0) is 12.8 Å². The van der Waals surface area contributed by atoms with Crippen molar-refractivity contribution in [2.45, 2.75) is 40.0 Å². The van der Waals surface area contributed by atoms with E-state index in [0.29, 0.717) is 0 Å². The molecule has 1 heterocycles. The van der Waals surface area contributed by atoms with Crippen molar-refractivity contribution in [1.29, 1.82) is 0 Å². The average molecular weight is 606 g/mol. The zero-order chi connectivity index (χ0) is 31.9. The Bertz CT molecular complexity index is 2310. The third kappa shape index (κ3) is 5.42. The van der Waals surface area contributed by atoms with E-state index in [2.05, 4.69) is 171 Å². The summed E-state index contributed by atoms with van der Waals surface area (Å²) in [5, 5.41) is 1.34. The lowest BCUT2D eigenvalue weighted by molar-refractivity contribution is 0.856. The fourth-order valence-electron chi connectivity index (χ4n) is 7.49. The van der Waals surface area contributed by atoms with Crippen LogP contribution in [0.2, 0.25) is 0 Å². The number of aryl methyl sites for hydroxylation is 2. The van der Waals surface area contributed by atoms with Crippen molar-refractivity contribution in [2.75, 3.05) is 0 Å². The van der Waals surface area contributed by atoms with E-state index in [0.717, 1.165) is 19.3 Å². The van der Waals surface area contributed by atoms with Crippen molar-refractivity contribution in [1.82, 2.24) is 4.57 Å². The summed E-state index contributed by atoms with van der Waals surface area (Å²) in [6, 6.07) is 51.6. The van der Waals surface area contributed by atoms with E-state index in [9.17, 15) is 0 Å². The number of rotatable bonds is 6. The Kier molecular flexibility index (Phi) is 7.46. The molecule has 6 aromatic carbocycles. The van der Waals surface area contributed by atoms with Gasteiger partial charge in [-0.15, -0.1) is 0 Å². The van der Waals surface area contributed by atoms with E-state index in [4.69, 9.17) is 0 Å². The first-order valence-electron chi connectivity index (χ1n) is 16.8. The van der Waals surface area contributed by atoms with Gasteiger partial charge in [0.25, 0.3) is 0 Å². The standard InChI is InChI=1S/C46H39N/c1-31-22-24-33(3)43(26-31)41-19-5-4-13-35(41)28-34-12-10-14-36(29-34)39-17-6-7-18-40(39)37-15-11-16-38(30-37)47-45-21-9-8-20-42(45)44-27-32(2)23-25-46(44)47/h4-22,24,26-27,29-30H,23,25,28H2,1-3H3. The SMILES string of the molecule is CC1=Cc2c(n(-c3cccc(-c4ccccc4-c4cccc(Cc5ccccc5-c5cc(C)ccc5C)c4)c3)c3ccccc23)CC1. The number of allylic oxidation sites excluding steroid dienone is 1. The Labute approximate surface area is 278 Å². The van der Waals surface area contributed by atoms with Crippen LogP contribution < -0.4 is 0 Å². The van der Waals surface area contributed by atoms with Gasteiger partial charge in [0.2, 0.25) is 0 Å². The predicted molar refractivity (Wildman–Crippen MR) is 200 cm³/mol. The first kappa shape index (κ1) is 29.0. The molecular weight excluding hydrogens is 567 g/mol. The van der Waals surface area contributed by atoms with E-state index in [1.807, 2.05) is 0 Å². The van der Waals surface area contributed by atoms with Crippen molar-refractivity contribution >= 4 is 17.0 Å². The van der Waals surface area contributed by atoms with Gasteiger partial charge in [0, 0.05) is 22.3 Å². The molecule has 0 saturated carbocycles. The van der Waals surface area contributed by atoms with Gasteiger partial charge in [-0.3, -0.25) is 0 Å². The Morgan fingerprint density at radius 3 is 2.09 bits per heavy atom. The zero-order valence-electron chi connectivity index (χ0n) is 27.4. The summed E-state index contributed by atoms with van der Waals surface area (Å²) in [6.45, 7) is 6.64. The highest BCUT2D eigenvalue weighted by Gasteiger charge is 2.20. The van der Waals surface area contributed by atoms with Gasteiger partial charge in [0.05, 0.1) is 5.52 Å². The monoisotopic (exact) mass is 605 g/mol. The van der Waals surface area contributed by atoms with Crippen molar-refractivity contribution in [3.8, 4) is 39.1 Å². The first-order valence-corrected chi connectivity index (χ1v) is 16.8. The number of aromatic nitrogens is 1. The van der Waals surface area contributed by atoms with Crippen molar-refractivity contribution in [3.05, 3.63) is 179 Å². The Balaban J connectivity index is 1.18. The molecule has 0 aliphatic heterocycles. The molecule has 0 N–H and O–H groups in total. The molecule has 1 aliphatic carbocycles. The summed E-state index contributed by atoms with van der Waals surface area (Å²) >= 11 is 0. The number of benzene rings is 6. The minimum absolute atomic E-state index is 0.884. The van der Waals surface area contributed by atoms with Gasteiger partial charge in [0.15, 0.2) is 0 Å². The van der Waals surface area contributed by atoms with E-state index in [-0.39, 0.29) is 0 Å². The van der Waals surface area contributed by atoms with Crippen LogP contribution in [0.25, 0.3) is 56.0 Å². The predicted octanol–water partition coefficient (Wildman–Crippen LogP) is 12.2. The summed E-state index contributed by atoms with van der Waals surface area (Å²) in [4.78, 5) is 0. The van der Waals surface area contributed by atoms with Crippen LogP contribution in [0, 0.1) is 13.8 Å². The summed E-state index contributed by atoms with van der Waals surface area (Å²) in [5.41, 5.74) is 19.7. The van der Waals surface area contributed by atoms with Gasteiger partial charge in [-0.05, 0) is 108 Å². The zero-order valence-corrected chi connectivity index (χ0v) is 27.4. The summed E-state index contributed by atoms with van der Waals surface area (Å²) < 4.78 is 2.49. The van der Waals surface area contributed by atoms with Crippen LogP contribution in [-0.4, -0.2) is 4.57 Å². The van der Waals surface area contributed by atoms with Gasteiger partial charge in [-0.25, -0.2) is 0 Å². The molecule has 0 amide bonds. The van der Waals surface area contributed by atoms with E-state index < -0.39 is 0 Å². The normalized spacial score (nSPS) is 12.6. The molecule has 1 aromatic heterocycles. The number of hydrogen-bond acceptors (Lipinski definition) is 0. The van der Waals surface area contributed by atoms with Gasteiger partial charge in [-0.1, -0.05) is 139 Å². The van der Waals surface area contributed by atoms with Crippen LogP contribution >= 0.6 is 0 Å². The molecule has 0 fully saturated rings. The van der Waals surface area contributed by atoms with Crippen LogP contribution in [0.3, 0.4) is 0 Å². The number of para-hydroxylation sites is 1. The van der Waals surface area contributed by atoms with Crippen molar-refractivity contribution < 1.29 is 0 Å². The number of hydrogen-bond donors (Lipinski definition) is 0. The van der Waals surface area contributed by atoms with E-state index >= 15 is 0 Å². The number of nitrogens with zero attached hydrogens (tertiary/aromatic N) is 1. The van der Waals surface area contributed by atoms with Crippen molar-refractivity contribution in [2.24, 2.45) is 0 Å². The van der Waals surface area contributed by atoms with Crippen molar-refractivity contribution in [3.63, 3.8) is 0 Å². The molecule has 0 spiro atoms. The second-order valence-corrected chi connectivity index (χ2v) is 13.2. The molecule has 0 atom stereocenters. The fourth-order valence-corrected chi connectivity index (χ4v) is 7.49. The molecule has 8 rings (SSSR count). The molecule has 1 heteroatoms. The summed E-state index contributed by atoms with van der Waals surface area (Å²) in [5.74, 6) is 0. The van der Waals surface area contributed by atoms with Gasteiger partial charge < -0.3 is 4.57 Å². The second kappa shape index (κ2) is 12.1. The maximum absolute atomic E-state index is 2.49. The highest BCUT2D eigenvalue weighted by atomic mass is 15.0. The topological polar surface area (TPSA) is 4.93 Å². The molecule has 0 radical (unpaired) electrons. The molecule has 0 saturated heterocycles. The quantitative estimate of drug-likeness (QED) is 0.178. The third-order valence-corrected chi connectivity index (χ3v) is 9.84. The lowest BCUT2D eigenvalue weighted by Crippen LogP contribution is -2.04. The molecule has 47 heavy (non-hydrogen) atoms. The summed E-state index contributed by atoms with van der Waals surface area (Å²) in [6.07, 6.45) is 5.45. The Morgan fingerprint density at radius 1 is 0.553 bits per heavy atom. The van der Waals surface area contributed by atoms with Crippen LogP contribution in [0.4, 0.5) is 0 Å². The largest absolute Gasteiger partial charge is 0.313 e. The lowest BCUT2D eigenvalue weighted by atomic mass is 9.90. The summed E-state index contributed by atoms with van der Waals surface area (Å²) in [7, 11) is 0. The molecule has 1 aliphatic rings. The number of fused-ring (bicyclic) bond motifs is 3. The molecular formula is C46H39N. The van der Waals surface area contributed by atoms with Crippen LogP contribution in [0.15, 0.2) is 145 Å². The molecule has 0 bridgehead atoms. The second-order valence-electron chi connectivity index (χ2n) is 13.2. The van der Waals surface area contributed by atoms with Gasteiger partial charge in [-0.2, -0.15) is 0 Å².